The highest BCUT2D eigenvalue weighted by Gasteiger charge is 2.29. The van der Waals surface area contributed by atoms with E-state index in [0.29, 0.717) is 24.1 Å². The molecule has 0 radical (unpaired) electrons. The number of hydrogen-bond donors (Lipinski definition) is 3. The Morgan fingerprint density at radius 1 is 1.08 bits per heavy atom. The average Bonchev–Trinajstić information content (AvgIpc) is 3.43. The van der Waals surface area contributed by atoms with Crippen LogP contribution in [0, 0.1) is 17.8 Å². The van der Waals surface area contributed by atoms with E-state index in [2.05, 4.69) is 26.2 Å². The molecule has 196 valence electrons. The Morgan fingerprint density at radius 2 is 1.78 bits per heavy atom. The molecule has 1 fully saturated rings. The number of hydrogen-bond acceptors (Lipinski definition) is 6. The molecule has 1 aromatic carbocycles. The van der Waals surface area contributed by atoms with Gasteiger partial charge in [-0.2, -0.15) is 11.3 Å². The van der Waals surface area contributed by atoms with Gasteiger partial charge in [-0.15, -0.1) is 10.2 Å². The van der Waals surface area contributed by atoms with Crippen LogP contribution in [-0.4, -0.2) is 29.1 Å². The minimum absolute atomic E-state index is 0.0158. The van der Waals surface area contributed by atoms with Crippen LogP contribution < -0.4 is 16.4 Å². The number of benzene rings is 1. The Labute approximate surface area is 223 Å². The molecule has 8 heteroatoms. The zero-order valence-corrected chi connectivity index (χ0v) is 22.9. The number of nitrogens with two attached hydrogens (primary N) is 1. The highest BCUT2D eigenvalue weighted by Crippen LogP contribution is 2.36. The number of aromatic nitrogens is 2. The van der Waals surface area contributed by atoms with Gasteiger partial charge in [-0.3, -0.25) is 9.59 Å². The number of anilines is 1. The Bertz CT molecular complexity index is 1210. The van der Waals surface area contributed by atoms with Gasteiger partial charge in [-0.05, 0) is 85.4 Å². The summed E-state index contributed by atoms with van der Waals surface area (Å²) >= 11 is 1.62. The largest absolute Gasteiger partial charge is 0.359 e. The fourth-order valence-electron chi connectivity index (χ4n) is 5.15. The molecule has 3 aromatic rings. The lowest BCUT2D eigenvalue weighted by molar-refractivity contribution is -0.126. The summed E-state index contributed by atoms with van der Waals surface area (Å²) in [5, 5.41) is 18.7. The molecular weight excluding hydrogens is 482 g/mol. The third-order valence-corrected chi connectivity index (χ3v) is 8.21. The van der Waals surface area contributed by atoms with Gasteiger partial charge < -0.3 is 16.4 Å². The van der Waals surface area contributed by atoms with Gasteiger partial charge in [-0.25, -0.2) is 0 Å². The normalized spacial score (nSPS) is 18.7. The van der Waals surface area contributed by atoms with Crippen molar-refractivity contribution in [2.45, 2.75) is 58.4 Å². The first-order valence-electron chi connectivity index (χ1n) is 13.0. The predicted octanol–water partition coefficient (Wildman–Crippen LogP) is 5.58. The molecule has 1 saturated carbocycles. The fraction of sp³-hybridized carbons (Fsp3) is 0.448. The lowest BCUT2D eigenvalue weighted by Crippen LogP contribution is -2.33. The molecule has 1 aliphatic carbocycles. The van der Waals surface area contributed by atoms with E-state index >= 15 is 0 Å². The Hall–Kier alpha value is -3.10. The van der Waals surface area contributed by atoms with E-state index in [0.717, 1.165) is 53.6 Å². The summed E-state index contributed by atoms with van der Waals surface area (Å²) in [5.74, 6) is 1.23. The van der Waals surface area contributed by atoms with Crippen molar-refractivity contribution in [3.8, 4) is 22.4 Å². The molecule has 2 heterocycles. The van der Waals surface area contributed by atoms with Gasteiger partial charge in [0.1, 0.15) is 5.69 Å². The van der Waals surface area contributed by atoms with Gasteiger partial charge in [0, 0.05) is 36.1 Å². The van der Waals surface area contributed by atoms with E-state index in [1.165, 1.54) is 0 Å². The van der Waals surface area contributed by atoms with Crippen LogP contribution in [0.25, 0.3) is 22.4 Å². The molecule has 7 nitrogen and oxygen atoms in total. The summed E-state index contributed by atoms with van der Waals surface area (Å²) in [5.41, 5.74) is 10.5. The standard InChI is InChI=1S/C29H37N5O2S/c1-18(28(36)31-4)20-7-5-19(6-8-20)15-26(35)32-25-16-24(22-13-14-37-17-22)27(34-33-25)21-9-11-23(12-10-21)29(2,3)30/h9-14,16-20H,5-8,15,30H2,1-4H3,(H,31,36)(H,32,33,35). The molecule has 0 saturated heterocycles. The summed E-state index contributed by atoms with van der Waals surface area (Å²) < 4.78 is 0. The second-order valence-corrected chi connectivity index (χ2v) is 11.5. The molecule has 0 spiro atoms. The molecule has 0 bridgehead atoms. The van der Waals surface area contributed by atoms with Crippen LogP contribution in [-0.2, 0) is 15.1 Å². The summed E-state index contributed by atoms with van der Waals surface area (Å²) in [6, 6.07) is 12.0. The minimum atomic E-state index is -0.420. The van der Waals surface area contributed by atoms with E-state index in [4.69, 9.17) is 5.73 Å². The van der Waals surface area contributed by atoms with Gasteiger partial charge in [0.15, 0.2) is 5.82 Å². The van der Waals surface area contributed by atoms with Crippen LogP contribution in [0.5, 0.6) is 0 Å². The first-order valence-corrected chi connectivity index (χ1v) is 13.9. The minimum Gasteiger partial charge on any atom is -0.359 e. The number of nitrogens with zero attached hydrogens (tertiary/aromatic N) is 2. The Kier molecular flexibility index (Phi) is 8.39. The number of carbonyl (C=O) groups excluding carboxylic acids is 2. The van der Waals surface area contributed by atoms with Crippen LogP contribution in [0.3, 0.4) is 0 Å². The summed E-state index contributed by atoms with van der Waals surface area (Å²) in [4.78, 5) is 24.8. The summed E-state index contributed by atoms with van der Waals surface area (Å²) in [6.45, 7) is 5.96. The van der Waals surface area contributed by atoms with Crippen molar-refractivity contribution >= 4 is 29.0 Å². The maximum Gasteiger partial charge on any atom is 0.225 e. The average molecular weight is 520 g/mol. The quantitative estimate of drug-likeness (QED) is 0.360. The topological polar surface area (TPSA) is 110 Å². The lowest BCUT2D eigenvalue weighted by Gasteiger charge is -2.31. The first kappa shape index (κ1) is 26.9. The third kappa shape index (κ3) is 6.62. The molecule has 4 N–H and O–H groups in total. The van der Waals surface area contributed by atoms with E-state index in [-0.39, 0.29) is 17.7 Å². The SMILES string of the molecule is CNC(=O)C(C)C1CCC(CC(=O)Nc2cc(-c3ccsc3)c(-c3ccc(C(C)(C)N)cc3)nn2)CC1. The van der Waals surface area contributed by atoms with Gasteiger partial charge in [0.2, 0.25) is 11.8 Å². The third-order valence-electron chi connectivity index (χ3n) is 7.53. The number of rotatable bonds is 8. The molecule has 4 rings (SSSR count). The molecular formula is C29H37N5O2S. The van der Waals surface area contributed by atoms with E-state index in [1.54, 1.807) is 18.4 Å². The Balaban J connectivity index is 1.45. The number of thiophene rings is 1. The smallest absolute Gasteiger partial charge is 0.225 e. The molecule has 1 unspecified atom stereocenters. The van der Waals surface area contributed by atoms with Crippen molar-refractivity contribution in [2.24, 2.45) is 23.5 Å². The van der Waals surface area contributed by atoms with Crippen LogP contribution in [0.4, 0.5) is 5.82 Å². The van der Waals surface area contributed by atoms with Gasteiger partial charge in [0.25, 0.3) is 0 Å². The summed E-state index contributed by atoms with van der Waals surface area (Å²) in [7, 11) is 1.69. The van der Waals surface area contributed by atoms with Gasteiger partial charge in [0.05, 0.1) is 0 Å². The zero-order chi connectivity index (χ0) is 26.6. The second-order valence-electron chi connectivity index (χ2n) is 10.7. The van der Waals surface area contributed by atoms with Crippen LogP contribution in [0.2, 0.25) is 0 Å². The molecule has 0 aliphatic heterocycles. The number of nitrogens with one attached hydrogen (secondary N) is 2. The fourth-order valence-corrected chi connectivity index (χ4v) is 5.81. The Morgan fingerprint density at radius 3 is 2.38 bits per heavy atom. The van der Waals surface area contributed by atoms with Crippen LogP contribution in [0.15, 0.2) is 47.2 Å². The zero-order valence-electron chi connectivity index (χ0n) is 22.1. The van der Waals surface area contributed by atoms with Gasteiger partial charge >= 0.3 is 0 Å². The highest BCUT2D eigenvalue weighted by atomic mass is 32.1. The lowest BCUT2D eigenvalue weighted by atomic mass is 9.75. The highest BCUT2D eigenvalue weighted by molar-refractivity contribution is 7.08. The van der Waals surface area contributed by atoms with Crippen molar-refractivity contribution in [1.82, 2.24) is 15.5 Å². The summed E-state index contributed by atoms with van der Waals surface area (Å²) in [6.07, 6.45) is 4.32. The number of amides is 2. The maximum absolute atomic E-state index is 12.9. The number of carbonyl (C=O) groups is 2. The molecule has 37 heavy (non-hydrogen) atoms. The molecule has 1 atom stereocenters. The maximum atomic E-state index is 12.9. The van der Waals surface area contributed by atoms with Crippen molar-refractivity contribution in [2.75, 3.05) is 12.4 Å². The van der Waals surface area contributed by atoms with Gasteiger partial charge in [-0.1, -0.05) is 31.2 Å². The van der Waals surface area contributed by atoms with E-state index < -0.39 is 5.54 Å². The van der Waals surface area contributed by atoms with Crippen molar-refractivity contribution in [1.29, 1.82) is 0 Å². The first-order chi connectivity index (χ1) is 17.7. The molecule has 2 aromatic heterocycles. The van der Waals surface area contributed by atoms with Crippen LogP contribution >= 0.6 is 11.3 Å². The van der Waals surface area contributed by atoms with Crippen molar-refractivity contribution < 1.29 is 9.59 Å². The van der Waals surface area contributed by atoms with E-state index in [9.17, 15) is 9.59 Å². The molecule has 2 amide bonds. The van der Waals surface area contributed by atoms with E-state index in [1.807, 2.05) is 62.5 Å². The second kappa shape index (κ2) is 11.5. The van der Waals surface area contributed by atoms with Crippen molar-refractivity contribution in [3.05, 3.63) is 52.7 Å². The molecule has 1 aliphatic rings. The van der Waals surface area contributed by atoms with Crippen LogP contribution in [0.1, 0.15) is 58.4 Å². The predicted molar refractivity (Wildman–Crippen MR) is 150 cm³/mol. The monoisotopic (exact) mass is 519 g/mol. The van der Waals surface area contributed by atoms with Crippen molar-refractivity contribution in [3.63, 3.8) is 0 Å².